The van der Waals surface area contributed by atoms with Crippen molar-refractivity contribution in [1.82, 2.24) is 5.32 Å². The van der Waals surface area contributed by atoms with Crippen LogP contribution in [0.15, 0.2) is 119 Å². The van der Waals surface area contributed by atoms with E-state index in [1.54, 1.807) is 0 Å². The number of alkyl carbamates (subject to hydrolysis) is 1. The average Bonchev–Trinajstić information content (AvgIpc) is 3.18. The van der Waals surface area contributed by atoms with Gasteiger partial charge in [-0.15, -0.1) is 0 Å². The third kappa shape index (κ3) is 10.7. The molecule has 5 atom stereocenters. The fourth-order valence-electron chi connectivity index (χ4n) is 8.87. The zero-order chi connectivity index (χ0) is 39.6. The van der Waals surface area contributed by atoms with E-state index >= 15 is 0 Å². The molecule has 0 bridgehead atoms. The lowest BCUT2D eigenvalue weighted by molar-refractivity contribution is 0.0577. The molecule has 4 aromatic rings. The zero-order valence-electron chi connectivity index (χ0n) is 33.6. The molecule has 0 saturated heterocycles. The van der Waals surface area contributed by atoms with Crippen LogP contribution in [-0.2, 0) is 22.4 Å². The van der Waals surface area contributed by atoms with Crippen molar-refractivity contribution in [3.63, 3.8) is 0 Å². The molecule has 1 heterocycles. The number of rotatable bonds is 9. The van der Waals surface area contributed by atoms with E-state index in [9.17, 15) is 9.59 Å². The highest BCUT2D eigenvalue weighted by Gasteiger charge is 2.42. The molecular weight excluding hydrogens is 709 g/mol. The normalized spacial score (nSPS) is 22.8. The summed E-state index contributed by atoms with van der Waals surface area (Å²) in [5.74, 6) is 0.244. The van der Waals surface area contributed by atoms with Crippen LogP contribution in [0.5, 0.6) is 0 Å². The number of nitrogens with zero attached hydrogens (tertiary/aromatic N) is 2. The van der Waals surface area contributed by atoms with Crippen molar-refractivity contribution >= 4 is 29.3 Å². The molecule has 2 aliphatic carbocycles. The van der Waals surface area contributed by atoms with Crippen molar-refractivity contribution in [2.24, 2.45) is 28.0 Å². The standard InChI is InChI=1S/C49H56N4O4/c1-33-23-25-39(40(28-33)31-36-15-13-14-20-42(26-24-36)56-49(55)51-41-29-34(2)27-35(3)30-41)32-50-48(54)57-44-22-12-6-11-21-43-45(44)47(38-18-9-5-10-19-38)53-52-46(43)37-16-7-4-8-17-37/h4-5,7-10,16-19,23-30,36,42-45H,6,11-15,20-22,31-32H2,1-3H3,(H,50,54)(H,51,55)/b26-24+. The first kappa shape index (κ1) is 39.7. The smallest absolute Gasteiger partial charge is 0.412 e. The third-order valence-electron chi connectivity index (χ3n) is 11.6. The molecule has 0 radical (unpaired) electrons. The van der Waals surface area contributed by atoms with Crippen LogP contribution in [-0.4, -0.2) is 35.8 Å². The van der Waals surface area contributed by atoms with Crippen molar-refractivity contribution in [2.75, 3.05) is 5.32 Å². The molecule has 2 amide bonds. The monoisotopic (exact) mass is 764 g/mol. The van der Waals surface area contributed by atoms with E-state index in [4.69, 9.17) is 19.7 Å². The number of carbonyl (C=O) groups is 2. The summed E-state index contributed by atoms with van der Waals surface area (Å²) in [6.07, 6.45) is 12.4. The van der Waals surface area contributed by atoms with E-state index in [0.29, 0.717) is 6.54 Å². The number of ether oxygens (including phenoxy) is 2. The Morgan fingerprint density at radius 3 is 2.05 bits per heavy atom. The topological polar surface area (TPSA) is 101 Å². The lowest BCUT2D eigenvalue weighted by atomic mass is 9.71. The van der Waals surface area contributed by atoms with Crippen LogP contribution in [0.4, 0.5) is 15.3 Å². The van der Waals surface area contributed by atoms with E-state index in [1.807, 2.05) is 62.4 Å². The van der Waals surface area contributed by atoms with Gasteiger partial charge in [0.2, 0.25) is 0 Å². The van der Waals surface area contributed by atoms with Gasteiger partial charge in [-0.05, 0) is 123 Å². The number of fused-ring (bicyclic) bond motifs is 1. The molecule has 0 spiro atoms. The maximum atomic E-state index is 13.8. The van der Waals surface area contributed by atoms with Crippen LogP contribution >= 0.6 is 0 Å². The van der Waals surface area contributed by atoms with Crippen LogP contribution in [0.2, 0.25) is 0 Å². The Labute approximate surface area is 337 Å². The maximum absolute atomic E-state index is 13.8. The predicted octanol–water partition coefficient (Wildman–Crippen LogP) is 11.2. The minimum absolute atomic E-state index is 0.0792. The second kappa shape index (κ2) is 19.1. The Bertz CT molecular complexity index is 2070. The van der Waals surface area contributed by atoms with Gasteiger partial charge in [-0.2, -0.15) is 10.2 Å². The first-order chi connectivity index (χ1) is 27.8. The van der Waals surface area contributed by atoms with E-state index < -0.39 is 12.2 Å². The molecule has 7 rings (SSSR count). The molecule has 1 aliphatic heterocycles. The van der Waals surface area contributed by atoms with Gasteiger partial charge in [0.15, 0.2) is 0 Å². The van der Waals surface area contributed by atoms with Crippen LogP contribution in [0.25, 0.3) is 0 Å². The van der Waals surface area contributed by atoms with Gasteiger partial charge in [0, 0.05) is 24.1 Å². The number of allylic oxidation sites excluding steroid dienone is 1. The fraction of sp³-hybridized carbons (Fsp3) is 0.388. The van der Waals surface area contributed by atoms with Gasteiger partial charge in [0.05, 0.1) is 11.4 Å². The van der Waals surface area contributed by atoms with Gasteiger partial charge >= 0.3 is 12.2 Å². The Hall–Kier alpha value is -5.50. The fourth-order valence-corrected chi connectivity index (χ4v) is 8.87. The number of hydrogen-bond donors (Lipinski definition) is 2. The minimum Gasteiger partial charge on any atom is -0.446 e. The summed E-state index contributed by atoms with van der Waals surface area (Å²) in [5, 5.41) is 15.7. The molecule has 5 unspecified atom stereocenters. The van der Waals surface area contributed by atoms with Gasteiger partial charge in [-0.3, -0.25) is 5.32 Å². The van der Waals surface area contributed by atoms with Gasteiger partial charge < -0.3 is 14.8 Å². The Morgan fingerprint density at radius 2 is 1.30 bits per heavy atom. The van der Waals surface area contributed by atoms with Gasteiger partial charge in [0.25, 0.3) is 0 Å². The van der Waals surface area contributed by atoms with Gasteiger partial charge in [0.1, 0.15) is 12.2 Å². The minimum atomic E-state index is -0.433. The zero-order valence-corrected chi connectivity index (χ0v) is 33.6. The maximum Gasteiger partial charge on any atom is 0.412 e. The van der Waals surface area contributed by atoms with E-state index in [0.717, 1.165) is 109 Å². The molecule has 0 aromatic heterocycles. The molecule has 57 heavy (non-hydrogen) atoms. The summed E-state index contributed by atoms with van der Waals surface area (Å²) in [6, 6.07) is 33.0. The van der Waals surface area contributed by atoms with E-state index in [2.05, 4.69) is 78.2 Å². The molecule has 1 fully saturated rings. The van der Waals surface area contributed by atoms with Crippen molar-refractivity contribution in [2.45, 2.75) is 104 Å². The van der Waals surface area contributed by atoms with Crippen LogP contribution < -0.4 is 10.6 Å². The van der Waals surface area contributed by atoms with Gasteiger partial charge in [-0.25, -0.2) is 9.59 Å². The van der Waals surface area contributed by atoms with Gasteiger partial charge in [-0.1, -0.05) is 116 Å². The number of amides is 2. The first-order valence-corrected chi connectivity index (χ1v) is 20.8. The quantitative estimate of drug-likeness (QED) is 0.166. The van der Waals surface area contributed by atoms with Crippen LogP contribution in [0, 0.1) is 38.5 Å². The summed E-state index contributed by atoms with van der Waals surface area (Å²) in [5.41, 5.74) is 10.3. The molecule has 1 saturated carbocycles. The number of anilines is 1. The second-order valence-electron chi connectivity index (χ2n) is 16.1. The highest BCUT2D eigenvalue weighted by Crippen LogP contribution is 2.38. The molecule has 8 heteroatoms. The van der Waals surface area contributed by atoms with Crippen molar-refractivity contribution < 1.29 is 19.1 Å². The molecule has 8 nitrogen and oxygen atoms in total. The SMILES string of the molecule is Cc1cc(C)cc(NC(=O)OC2/C=C/C(Cc3cc(C)ccc3CNC(=O)OC3CCCCCC4C(c5ccccc5)=NN=C(c5ccccc5)C34)CCCC2)c1. The van der Waals surface area contributed by atoms with Crippen LogP contribution in [0.1, 0.15) is 96.7 Å². The number of carbonyl (C=O) groups excluding carboxylic acids is 2. The van der Waals surface area contributed by atoms with Crippen molar-refractivity contribution in [3.8, 4) is 0 Å². The Balaban J connectivity index is 1.02. The Kier molecular flexibility index (Phi) is 13.3. The summed E-state index contributed by atoms with van der Waals surface area (Å²) in [7, 11) is 0. The largest absolute Gasteiger partial charge is 0.446 e. The summed E-state index contributed by atoms with van der Waals surface area (Å²) < 4.78 is 12.3. The molecule has 2 N–H and O–H groups in total. The average molecular weight is 765 g/mol. The lowest BCUT2D eigenvalue weighted by Crippen LogP contribution is -2.45. The second-order valence-corrected chi connectivity index (χ2v) is 16.1. The molecule has 3 aliphatic rings. The molecule has 296 valence electrons. The summed E-state index contributed by atoms with van der Waals surface area (Å²) >= 11 is 0. The van der Waals surface area contributed by atoms with Crippen molar-refractivity contribution in [1.29, 1.82) is 0 Å². The highest BCUT2D eigenvalue weighted by atomic mass is 16.6. The number of aryl methyl sites for hydroxylation is 3. The predicted molar refractivity (Wildman–Crippen MR) is 229 cm³/mol. The first-order valence-electron chi connectivity index (χ1n) is 20.8. The van der Waals surface area contributed by atoms with Crippen molar-refractivity contribution in [3.05, 3.63) is 148 Å². The van der Waals surface area contributed by atoms with Crippen LogP contribution in [0.3, 0.4) is 0 Å². The number of benzene rings is 4. The van der Waals surface area contributed by atoms with E-state index in [-0.39, 0.29) is 30.0 Å². The number of nitrogens with one attached hydrogen (secondary N) is 2. The molecule has 4 aromatic carbocycles. The molecular formula is C49H56N4O4. The Morgan fingerprint density at radius 1 is 0.632 bits per heavy atom. The highest BCUT2D eigenvalue weighted by molar-refractivity contribution is 6.12. The lowest BCUT2D eigenvalue weighted by Gasteiger charge is -2.38. The number of hydrogen-bond acceptors (Lipinski definition) is 6. The van der Waals surface area contributed by atoms with E-state index in [1.165, 1.54) is 11.1 Å². The third-order valence-corrected chi connectivity index (χ3v) is 11.6. The summed E-state index contributed by atoms with van der Waals surface area (Å²) in [4.78, 5) is 26.7. The summed E-state index contributed by atoms with van der Waals surface area (Å²) in [6.45, 7) is 6.50.